The maximum Gasteiger partial charge on any atom is 0.433 e. The molecule has 1 aliphatic heterocycles. The van der Waals surface area contributed by atoms with Gasteiger partial charge < -0.3 is 10.1 Å². The van der Waals surface area contributed by atoms with Crippen LogP contribution in [-0.4, -0.2) is 41.1 Å². The van der Waals surface area contributed by atoms with Crippen LogP contribution in [0.2, 0.25) is 0 Å². The molecule has 0 bridgehead atoms. The Balaban J connectivity index is 1.58. The maximum absolute atomic E-state index is 13.8. The number of benzene rings is 1. The largest absolute Gasteiger partial charge is 0.494 e. The lowest BCUT2D eigenvalue weighted by atomic mass is 10.2. The first-order valence-corrected chi connectivity index (χ1v) is 8.06. The zero-order chi connectivity index (χ0) is 18.7. The number of alkyl halides is 3. The summed E-state index contributed by atoms with van der Waals surface area (Å²) in [4.78, 5) is 9.46. The average molecular weight is 370 g/mol. The molecule has 2 heterocycles. The first kappa shape index (κ1) is 18.4. The highest BCUT2D eigenvalue weighted by molar-refractivity contribution is 5.30. The lowest BCUT2D eigenvalue weighted by Gasteiger charge is -2.17. The van der Waals surface area contributed by atoms with Crippen molar-refractivity contribution in [1.82, 2.24) is 14.9 Å². The molecule has 0 saturated carbocycles. The van der Waals surface area contributed by atoms with Crippen molar-refractivity contribution < 1.29 is 22.3 Å². The van der Waals surface area contributed by atoms with Crippen LogP contribution in [0.1, 0.15) is 17.7 Å². The highest BCUT2D eigenvalue weighted by atomic mass is 19.4. The Hall–Kier alpha value is -2.42. The molecule has 9 heteroatoms. The molecule has 1 N–H and O–H groups in total. The third-order valence-corrected chi connectivity index (χ3v) is 4.17. The number of halogens is 4. The minimum absolute atomic E-state index is 0.0397. The van der Waals surface area contributed by atoms with Gasteiger partial charge in [0.1, 0.15) is 5.69 Å². The summed E-state index contributed by atoms with van der Waals surface area (Å²) in [7, 11) is 1.41. The van der Waals surface area contributed by atoms with E-state index >= 15 is 0 Å². The van der Waals surface area contributed by atoms with E-state index in [1.807, 2.05) is 0 Å². The molecule has 2 aromatic rings. The van der Waals surface area contributed by atoms with E-state index < -0.39 is 17.7 Å². The molecule has 1 aromatic carbocycles. The third kappa shape index (κ3) is 4.40. The van der Waals surface area contributed by atoms with Crippen LogP contribution in [0.25, 0.3) is 0 Å². The van der Waals surface area contributed by atoms with Crippen LogP contribution in [0, 0.1) is 5.82 Å². The number of nitrogens with zero attached hydrogens (tertiary/aromatic N) is 3. The Morgan fingerprint density at radius 1 is 1.31 bits per heavy atom. The Bertz CT molecular complexity index is 769. The normalized spacial score (nSPS) is 18.1. The molecule has 1 fully saturated rings. The van der Waals surface area contributed by atoms with Crippen molar-refractivity contribution in [2.24, 2.45) is 0 Å². The molecule has 0 aliphatic carbocycles. The van der Waals surface area contributed by atoms with Crippen molar-refractivity contribution >= 4 is 5.95 Å². The van der Waals surface area contributed by atoms with E-state index in [-0.39, 0.29) is 17.7 Å². The van der Waals surface area contributed by atoms with Gasteiger partial charge in [-0.3, -0.25) is 4.90 Å². The lowest BCUT2D eigenvalue weighted by molar-refractivity contribution is -0.141. The molecule has 0 spiro atoms. The van der Waals surface area contributed by atoms with Gasteiger partial charge in [-0.05, 0) is 30.2 Å². The smallest absolute Gasteiger partial charge is 0.433 e. The molecule has 1 unspecified atom stereocenters. The molecule has 26 heavy (non-hydrogen) atoms. The van der Waals surface area contributed by atoms with E-state index in [0.717, 1.165) is 30.8 Å². The summed E-state index contributed by atoms with van der Waals surface area (Å²) in [5.41, 5.74) is -0.169. The molecule has 1 saturated heterocycles. The fourth-order valence-electron chi connectivity index (χ4n) is 2.93. The number of nitrogens with one attached hydrogen (secondary N) is 1. The van der Waals surface area contributed by atoms with Gasteiger partial charge in [-0.1, -0.05) is 6.07 Å². The van der Waals surface area contributed by atoms with Gasteiger partial charge in [0.25, 0.3) is 0 Å². The van der Waals surface area contributed by atoms with E-state index in [2.05, 4.69) is 20.2 Å². The second-order valence-electron chi connectivity index (χ2n) is 6.10. The first-order valence-electron chi connectivity index (χ1n) is 8.06. The second kappa shape index (κ2) is 7.45. The van der Waals surface area contributed by atoms with Crippen LogP contribution < -0.4 is 10.1 Å². The van der Waals surface area contributed by atoms with Crippen LogP contribution in [0.4, 0.5) is 23.5 Å². The number of methoxy groups -OCH3 is 1. The van der Waals surface area contributed by atoms with Gasteiger partial charge >= 0.3 is 6.18 Å². The van der Waals surface area contributed by atoms with Crippen molar-refractivity contribution in [2.75, 3.05) is 25.5 Å². The number of hydrogen-bond acceptors (Lipinski definition) is 5. The number of anilines is 1. The number of hydrogen-bond donors (Lipinski definition) is 1. The fourth-order valence-corrected chi connectivity index (χ4v) is 2.93. The Kier molecular flexibility index (Phi) is 5.26. The van der Waals surface area contributed by atoms with Crippen molar-refractivity contribution in [1.29, 1.82) is 0 Å². The van der Waals surface area contributed by atoms with Gasteiger partial charge in [0, 0.05) is 31.9 Å². The van der Waals surface area contributed by atoms with Crippen LogP contribution in [0.3, 0.4) is 0 Å². The van der Waals surface area contributed by atoms with Gasteiger partial charge in [0.15, 0.2) is 11.6 Å². The summed E-state index contributed by atoms with van der Waals surface area (Å²) in [6.45, 7) is 1.89. The lowest BCUT2D eigenvalue weighted by Crippen LogP contribution is -2.27. The highest BCUT2D eigenvalue weighted by Crippen LogP contribution is 2.28. The number of ether oxygens (including phenoxy) is 1. The van der Waals surface area contributed by atoms with Crippen molar-refractivity contribution in [3.63, 3.8) is 0 Å². The summed E-state index contributed by atoms with van der Waals surface area (Å²) in [6, 6.07) is 5.56. The summed E-state index contributed by atoms with van der Waals surface area (Å²) in [5.74, 6) is -0.269. The van der Waals surface area contributed by atoms with Crippen molar-refractivity contribution in [3.8, 4) is 5.75 Å². The predicted octanol–water partition coefficient (Wildman–Crippen LogP) is 3.33. The SMILES string of the molecule is COc1ccc(CN2CCC(Nc3nccc(C(F)(F)F)n3)C2)cc1F. The van der Waals surface area contributed by atoms with Crippen LogP contribution in [-0.2, 0) is 12.7 Å². The van der Waals surface area contributed by atoms with Gasteiger partial charge in [0.05, 0.1) is 7.11 Å². The van der Waals surface area contributed by atoms with Gasteiger partial charge in [-0.2, -0.15) is 13.2 Å². The quantitative estimate of drug-likeness (QED) is 0.819. The van der Waals surface area contributed by atoms with Gasteiger partial charge in [-0.15, -0.1) is 0 Å². The van der Waals surface area contributed by atoms with Crippen molar-refractivity contribution in [2.45, 2.75) is 25.2 Å². The van der Waals surface area contributed by atoms with Crippen LogP contribution in [0.5, 0.6) is 5.75 Å². The molecular weight excluding hydrogens is 352 g/mol. The fraction of sp³-hybridized carbons (Fsp3) is 0.412. The number of rotatable bonds is 5. The topological polar surface area (TPSA) is 50.3 Å². The number of aromatic nitrogens is 2. The second-order valence-corrected chi connectivity index (χ2v) is 6.10. The summed E-state index contributed by atoms with van der Waals surface area (Å²) in [6.07, 6.45) is -2.68. The summed E-state index contributed by atoms with van der Waals surface area (Å²) < 4.78 is 56.8. The molecular formula is C17H18F4N4O. The Morgan fingerprint density at radius 3 is 2.81 bits per heavy atom. The molecule has 1 aliphatic rings. The van der Waals surface area contributed by atoms with E-state index in [0.29, 0.717) is 13.1 Å². The third-order valence-electron chi connectivity index (χ3n) is 4.17. The van der Waals surface area contributed by atoms with E-state index in [1.165, 1.54) is 13.2 Å². The molecule has 1 atom stereocenters. The molecule has 0 radical (unpaired) electrons. The van der Waals surface area contributed by atoms with Crippen LogP contribution >= 0.6 is 0 Å². The first-order chi connectivity index (χ1) is 12.3. The Morgan fingerprint density at radius 2 is 2.12 bits per heavy atom. The van der Waals surface area contributed by atoms with Gasteiger partial charge in [-0.25, -0.2) is 14.4 Å². The molecule has 3 rings (SSSR count). The summed E-state index contributed by atoms with van der Waals surface area (Å²) >= 11 is 0. The maximum atomic E-state index is 13.8. The van der Waals surface area contributed by atoms with E-state index in [4.69, 9.17) is 4.74 Å². The van der Waals surface area contributed by atoms with E-state index in [1.54, 1.807) is 12.1 Å². The Labute approximate surface area is 148 Å². The average Bonchev–Trinajstić information content (AvgIpc) is 3.01. The molecule has 5 nitrogen and oxygen atoms in total. The van der Waals surface area contributed by atoms with Gasteiger partial charge in [0.2, 0.25) is 5.95 Å². The molecule has 1 aromatic heterocycles. The summed E-state index contributed by atoms with van der Waals surface area (Å²) in [5, 5.41) is 2.94. The number of likely N-dealkylation sites (tertiary alicyclic amines) is 1. The highest BCUT2D eigenvalue weighted by Gasteiger charge is 2.33. The molecule has 0 amide bonds. The van der Waals surface area contributed by atoms with Crippen LogP contribution in [0.15, 0.2) is 30.5 Å². The minimum Gasteiger partial charge on any atom is -0.494 e. The monoisotopic (exact) mass is 370 g/mol. The zero-order valence-corrected chi connectivity index (χ0v) is 14.1. The minimum atomic E-state index is -4.50. The van der Waals surface area contributed by atoms with E-state index in [9.17, 15) is 17.6 Å². The molecule has 140 valence electrons. The zero-order valence-electron chi connectivity index (χ0n) is 14.1. The predicted molar refractivity (Wildman–Crippen MR) is 87.3 cm³/mol. The van der Waals surface area contributed by atoms with Crippen molar-refractivity contribution in [3.05, 3.63) is 47.5 Å². The standard InChI is InChI=1S/C17H18F4N4O/c1-26-14-3-2-11(8-13(14)18)9-25-7-5-12(10-25)23-16-22-6-4-15(24-16)17(19,20)21/h2-4,6,8,12H,5,7,9-10H2,1H3,(H,22,23,24).